The number of hydrogen-bond acceptors (Lipinski definition) is 5. The average molecular weight is 340 g/mol. The van der Waals surface area contributed by atoms with Crippen LogP contribution >= 0.6 is 0 Å². The van der Waals surface area contributed by atoms with Crippen LogP contribution in [0, 0.1) is 0 Å². The van der Waals surface area contributed by atoms with E-state index < -0.39 is 0 Å². The number of rotatable bonds is 5. The molecule has 132 valence electrons. The van der Waals surface area contributed by atoms with Gasteiger partial charge in [0, 0.05) is 11.7 Å². The average Bonchev–Trinajstić information content (AvgIpc) is 2.91. The van der Waals surface area contributed by atoms with E-state index in [1.807, 2.05) is 24.3 Å². The van der Waals surface area contributed by atoms with Crippen molar-refractivity contribution >= 4 is 17.4 Å². The van der Waals surface area contributed by atoms with E-state index in [1.165, 1.54) is 25.7 Å². The van der Waals surface area contributed by atoms with Gasteiger partial charge in [0.25, 0.3) is 5.91 Å². The molecule has 1 aromatic heterocycles. The molecular weight excluding hydrogens is 316 g/mol. The van der Waals surface area contributed by atoms with Crippen LogP contribution in [0.4, 0.5) is 11.5 Å². The van der Waals surface area contributed by atoms with Gasteiger partial charge in [-0.05, 0) is 49.2 Å². The lowest BCUT2D eigenvalue weighted by Crippen LogP contribution is -2.35. The molecule has 6 heteroatoms. The van der Waals surface area contributed by atoms with Crippen LogP contribution in [0.5, 0.6) is 5.75 Å². The Balaban J connectivity index is 1.57. The number of aromatic nitrogens is 2. The molecule has 1 heterocycles. The number of carbonyl (C=O) groups excluding carboxylic acids is 1. The smallest absolute Gasteiger partial charge is 0.272 e. The Bertz CT molecular complexity index is 678. The van der Waals surface area contributed by atoms with Gasteiger partial charge in [0.1, 0.15) is 5.75 Å². The molecule has 0 aliphatic heterocycles. The van der Waals surface area contributed by atoms with Crippen molar-refractivity contribution in [3.05, 3.63) is 42.1 Å². The largest absolute Gasteiger partial charge is 0.497 e. The van der Waals surface area contributed by atoms with Gasteiger partial charge in [0.15, 0.2) is 11.5 Å². The van der Waals surface area contributed by atoms with E-state index in [-0.39, 0.29) is 11.9 Å². The second-order valence-corrected chi connectivity index (χ2v) is 6.32. The summed E-state index contributed by atoms with van der Waals surface area (Å²) in [6.07, 6.45) is 6.99. The number of nitrogens with one attached hydrogen (secondary N) is 2. The molecule has 1 saturated carbocycles. The van der Waals surface area contributed by atoms with Crippen LogP contribution in [0.25, 0.3) is 0 Å². The van der Waals surface area contributed by atoms with Crippen molar-refractivity contribution in [2.45, 2.75) is 44.6 Å². The molecule has 0 bridgehead atoms. The predicted octanol–water partition coefficient (Wildman–Crippen LogP) is 3.68. The summed E-state index contributed by atoms with van der Waals surface area (Å²) in [7, 11) is 1.63. The van der Waals surface area contributed by atoms with Gasteiger partial charge in [-0.2, -0.15) is 0 Å². The van der Waals surface area contributed by atoms with E-state index in [0.29, 0.717) is 11.5 Å². The summed E-state index contributed by atoms with van der Waals surface area (Å²) in [5.41, 5.74) is 1.23. The van der Waals surface area contributed by atoms with Crippen LogP contribution in [0.3, 0.4) is 0 Å². The van der Waals surface area contributed by atoms with Crippen molar-refractivity contribution < 1.29 is 9.53 Å². The molecule has 3 rings (SSSR count). The zero-order valence-electron chi connectivity index (χ0n) is 14.5. The van der Waals surface area contributed by atoms with Gasteiger partial charge in [-0.25, -0.2) is 0 Å². The van der Waals surface area contributed by atoms with Crippen LogP contribution in [0.1, 0.15) is 49.0 Å². The van der Waals surface area contributed by atoms with Crippen molar-refractivity contribution in [1.82, 2.24) is 15.5 Å². The Hall–Kier alpha value is -2.63. The van der Waals surface area contributed by atoms with E-state index in [1.54, 1.807) is 19.2 Å². The number of anilines is 2. The predicted molar refractivity (Wildman–Crippen MR) is 97.3 cm³/mol. The van der Waals surface area contributed by atoms with Crippen molar-refractivity contribution in [3.63, 3.8) is 0 Å². The van der Waals surface area contributed by atoms with Crippen LogP contribution in [0.2, 0.25) is 0 Å². The number of benzene rings is 1. The topological polar surface area (TPSA) is 76.1 Å². The molecule has 1 aliphatic rings. The van der Waals surface area contributed by atoms with E-state index in [2.05, 4.69) is 20.8 Å². The third-order valence-corrected chi connectivity index (χ3v) is 4.45. The van der Waals surface area contributed by atoms with Gasteiger partial charge >= 0.3 is 0 Å². The van der Waals surface area contributed by atoms with Crippen LogP contribution in [-0.2, 0) is 0 Å². The molecule has 1 aromatic carbocycles. The molecule has 0 atom stereocenters. The maximum Gasteiger partial charge on any atom is 0.272 e. The normalized spacial score (nSPS) is 15.2. The highest BCUT2D eigenvalue weighted by molar-refractivity contribution is 5.92. The fourth-order valence-corrected chi connectivity index (χ4v) is 3.03. The molecule has 25 heavy (non-hydrogen) atoms. The Labute approximate surface area is 148 Å². The van der Waals surface area contributed by atoms with Crippen LogP contribution < -0.4 is 15.4 Å². The van der Waals surface area contributed by atoms with Gasteiger partial charge in [0.05, 0.1) is 7.11 Å². The molecule has 0 radical (unpaired) electrons. The summed E-state index contributed by atoms with van der Waals surface area (Å²) in [5.74, 6) is 1.24. The lowest BCUT2D eigenvalue weighted by atomic mass is 10.1. The molecule has 2 N–H and O–H groups in total. The number of amides is 1. The molecule has 1 fully saturated rings. The van der Waals surface area contributed by atoms with E-state index in [4.69, 9.17) is 4.74 Å². The van der Waals surface area contributed by atoms with Crippen LogP contribution in [-0.4, -0.2) is 29.3 Å². The first-order chi connectivity index (χ1) is 12.2. The second-order valence-electron chi connectivity index (χ2n) is 6.32. The zero-order chi connectivity index (χ0) is 17.5. The first-order valence-corrected chi connectivity index (χ1v) is 8.80. The minimum Gasteiger partial charge on any atom is -0.497 e. The summed E-state index contributed by atoms with van der Waals surface area (Å²) >= 11 is 0. The van der Waals surface area contributed by atoms with Gasteiger partial charge in [-0.15, -0.1) is 10.2 Å². The molecule has 0 spiro atoms. The SMILES string of the molecule is COc1ccc(Nc2ccc(C(=O)NC3CCCCCC3)nn2)cc1. The monoisotopic (exact) mass is 340 g/mol. The third-order valence-electron chi connectivity index (χ3n) is 4.45. The van der Waals surface area contributed by atoms with Gasteiger partial charge < -0.3 is 15.4 Å². The van der Waals surface area contributed by atoms with E-state index >= 15 is 0 Å². The Morgan fingerprint density at radius 1 is 1.00 bits per heavy atom. The molecular formula is C19H24N4O2. The summed E-state index contributed by atoms with van der Waals surface area (Å²) < 4.78 is 5.13. The van der Waals surface area contributed by atoms with Crippen LogP contribution in [0.15, 0.2) is 36.4 Å². The van der Waals surface area contributed by atoms with E-state index in [0.717, 1.165) is 24.3 Å². The highest BCUT2D eigenvalue weighted by Gasteiger charge is 2.16. The number of hydrogen-bond donors (Lipinski definition) is 2. The van der Waals surface area contributed by atoms with E-state index in [9.17, 15) is 4.79 Å². The highest BCUT2D eigenvalue weighted by Crippen LogP contribution is 2.19. The molecule has 1 amide bonds. The number of carbonyl (C=O) groups is 1. The molecule has 0 unspecified atom stereocenters. The van der Waals surface area contributed by atoms with Gasteiger partial charge in [-0.3, -0.25) is 4.79 Å². The van der Waals surface area contributed by atoms with Gasteiger partial charge in [-0.1, -0.05) is 25.7 Å². The minimum absolute atomic E-state index is 0.143. The molecule has 6 nitrogen and oxygen atoms in total. The minimum atomic E-state index is -0.143. The summed E-state index contributed by atoms with van der Waals surface area (Å²) in [6.45, 7) is 0. The van der Waals surface area contributed by atoms with Gasteiger partial charge in [0.2, 0.25) is 0 Å². The summed E-state index contributed by atoms with van der Waals surface area (Å²) in [6, 6.07) is 11.2. The zero-order valence-corrected chi connectivity index (χ0v) is 14.5. The Kier molecular flexibility index (Phi) is 5.82. The number of ether oxygens (including phenoxy) is 1. The lowest BCUT2D eigenvalue weighted by molar-refractivity contribution is 0.0927. The third kappa shape index (κ3) is 4.92. The van der Waals surface area contributed by atoms with Crippen molar-refractivity contribution in [1.29, 1.82) is 0 Å². The molecule has 0 saturated heterocycles. The first kappa shape index (κ1) is 17.2. The Morgan fingerprint density at radius 2 is 1.72 bits per heavy atom. The quantitative estimate of drug-likeness (QED) is 0.812. The molecule has 2 aromatic rings. The Morgan fingerprint density at radius 3 is 2.32 bits per heavy atom. The van der Waals surface area contributed by atoms with Crippen molar-refractivity contribution in [3.8, 4) is 5.75 Å². The van der Waals surface area contributed by atoms with Crippen molar-refractivity contribution in [2.24, 2.45) is 0 Å². The summed E-state index contributed by atoms with van der Waals surface area (Å²) in [5, 5.41) is 14.4. The fourth-order valence-electron chi connectivity index (χ4n) is 3.03. The number of nitrogens with zero attached hydrogens (tertiary/aromatic N) is 2. The fraction of sp³-hybridized carbons (Fsp3) is 0.421. The standard InChI is InChI=1S/C19H24N4O2/c1-25-16-10-8-15(9-11-16)20-18-13-12-17(22-23-18)19(24)21-14-6-4-2-3-5-7-14/h8-14H,2-7H2,1H3,(H,20,23)(H,21,24). The first-order valence-electron chi connectivity index (χ1n) is 8.80. The lowest BCUT2D eigenvalue weighted by Gasteiger charge is -2.15. The maximum atomic E-state index is 12.3. The number of methoxy groups -OCH3 is 1. The maximum absolute atomic E-state index is 12.3. The second kappa shape index (κ2) is 8.46. The van der Waals surface area contributed by atoms with Crippen molar-refractivity contribution in [2.75, 3.05) is 12.4 Å². The highest BCUT2D eigenvalue weighted by atomic mass is 16.5. The molecule has 1 aliphatic carbocycles. The summed E-state index contributed by atoms with van der Waals surface area (Å²) in [4.78, 5) is 12.3.